The fourth-order valence-corrected chi connectivity index (χ4v) is 3.19. The number of carbonyl (C=O) groups excluding carboxylic acids is 1. The molecule has 0 bridgehead atoms. The number of methoxy groups -OCH3 is 2. The summed E-state index contributed by atoms with van der Waals surface area (Å²) in [6.07, 6.45) is 1.78. The topological polar surface area (TPSA) is 69.5 Å². The monoisotopic (exact) mass is 344 g/mol. The van der Waals surface area contributed by atoms with E-state index in [9.17, 15) is 4.79 Å². The van der Waals surface area contributed by atoms with E-state index in [2.05, 4.69) is 5.10 Å². The molecule has 0 spiro atoms. The zero-order chi connectivity index (χ0) is 17.8. The van der Waals surface area contributed by atoms with Gasteiger partial charge in [-0.15, -0.1) is 5.10 Å². The molecule has 0 N–H and O–H groups in total. The molecule has 1 aliphatic rings. The minimum atomic E-state index is 0.134. The van der Waals surface area contributed by atoms with E-state index in [1.807, 2.05) is 33.8 Å². The van der Waals surface area contributed by atoms with E-state index in [1.165, 1.54) is 0 Å². The van der Waals surface area contributed by atoms with E-state index in [0.717, 1.165) is 43.2 Å². The molecule has 134 valence electrons. The lowest BCUT2D eigenvalue weighted by atomic mass is 9.96. The SMILES string of the molecule is COCc1nc(C2CCN(C(C)=O)CC2)n(-c2ccc(OC)cc2)n1. The van der Waals surface area contributed by atoms with Gasteiger partial charge in [-0.05, 0) is 37.1 Å². The molecule has 1 aromatic heterocycles. The van der Waals surface area contributed by atoms with Crippen molar-refractivity contribution in [1.29, 1.82) is 0 Å². The largest absolute Gasteiger partial charge is 0.497 e. The summed E-state index contributed by atoms with van der Waals surface area (Å²) in [5, 5.41) is 4.61. The van der Waals surface area contributed by atoms with Crippen molar-refractivity contribution in [3.63, 3.8) is 0 Å². The smallest absolute Gasteiger partial charge is 0.219 e. The molecule has 7 nitrogen and oxygen atoms in total. The van der Waals surface area contributed by atoms with Crippen LogP contribution in [0.5, 0.6) is 5.75 Å². The third kappa shape index (κ3) is 3.82. The molecule has 7 heteroatoms. The Morgan fingerprint density at radius 2 is 1.88 bits per heavy atom. The van der Waals surface area contributed by atoms with Crippen LogP contribution in [-0.4, -0.2) is 52.9 Å². The summed E-state index contributed by atoms with van der Waals surface area (Å²) in [5.41, 5.74) is 0.944. The van der Waals surface area contributed by atoms with Crippen molar-refractivity contribution in [3.8, 4) is 11.4 Å². The van der Waals surface area contributed by atoms with Crippen LogP contribution in [-0.2, 0) is 16.1 Å². The average molecular weight is 344 g/mol. The van der Waals surface area contributed by atoms with Gasteiger partial charge >= 0.3 is 0 Å². The molecule has 0 unspecified atom stereocenters. The van der Waals surface area contributed by atoms with Crippen molar-refractivity contribution in [2.45, 2.75) is 32.3 Å². The number of aromatic nitrogens is 3. The quantitative estimate of drug-likeness (QED) is 0.831. The first-order valence-electron chi connectivity index (χ1n) is 8.47. The van der Waals surface area contributed by atoms with Gasteiger partial charge in [-0.3, -0.25) is 4.79 Å². The van der Waals surface area contributed by atoms with E-state index >= 15 is 0 Å². The molecule has 1 aliphatic heterocycles. The van der Waals surface area contributed by atoms with Gasteiger partial charge in [-0.25, -0.2) is 9.67 Å². The lowest BCUT2D eigenvalue weighted by Crippen LogP contribution is -2.36. The Balaban J connectivity index is 1.88. The van der Waals surface area contributed by atoms with Gasteiger partial charge in [-0.2, -0.15) is 0 Å². The van der Waals surface area contributed by atoms with E-state index < -0.39 is 0 Å². The van der Waals surface area contributed by atoms with Crippen LogP contribution >= 0.6 is 0 Å². The molecule has 0 atom stereocenters. The number of carbonyl (C=O) groups is 1. The maximum absolute atomic E-state index is 11.5. The second kappa shape index (κ2) is 7.65. The third-order valence-corrected chi connectivity index (χ3v) is 4.57. The summed E-state index contributed by atoms with van der Waals surface area (Å²) >= 11 is 0. The first-order valence-corrected chi connectivity index (χ1v) is 8.47. The molecule has 25 heavy (non-hydrogen) atoms. The zero-order valence-electron chi connectivity index (χ0n) is 14.9. The lowest BCUT2D eigenvalue weighted by Gasteiger charge is -2.30. The molecule has 2 heterocycles. The Labute approximate surface area is 147 Å². The zero-order valence-corrected chi connectivity index (χ0v) is 14.9. The Bertz CT molecular complexity index is 718. The fourth-order valence-electron chi connectivity index (χ4n) is 3.19. The van der Waals surface area contributed by atoms with Crippen LogP contribution in [0.1, 0.15) is 37.3 Å². The number of hydrogen-bond acceptors (Lipinski definition) is 5. The third-order valence-electron chi connectivity index (χ3n) is 4.57. The van der Waals surface area contributed by atoms with Gasteiger partial charge in [-0.1, -0.05) is 0 Å². The van der Waals surface area contributed by atoms with Crippen molar-refractivity contribution < 1.29 is 14.3 Å². The van der Waals surface area contributed by atoms with Crippen LogP contribution < -0.4 is 4.74 Å². The van der Waals surface area contributed by atoms with Crippen molar-refractivity contribution in [1.82, 2.24) is 19.7 Å². The van der Waals surface area contributed by atoms with Gasteiger partial charge in [0.2, 0.25) is 5.91 Å². The second-order valence-electron chi connectivity index (χ2n) is 6.21. The predicted octanol–water partition coefficient (Wildman–Crippen LogP) is 2.15. The minimum absolute atomic E-state index is 0.134. The molecular weight excluding hydrogens is 320 g/mol. The molecule has 0 aliphatic carbocycles. The molecule has 0 radical (unpaired) electrons. The normalized spacial score (nSPS) is 15.4. The van der Waals surface area contributed by atoms with E-state index in [4.69, 9.17) is 14.5 Å². The summed E-state index contributed by atoms with van der Waals surface area (Å²) < 4.78 is 12.3. The number of benzene rings is 1. The van der Waals surface area contributed by atoms with Gasteiger partial charge in [0.05, 0.1) is 12.8 Å². The summed E-state index contributed by atoms with van der Waals surface area (Å²) in [6.45, 7) is 3.52. The highest BCUT2D eigenvalue weighted by molar-refractivity contribution is 5.73. The summed E-state index contributed by atoms with van der Waals surface area (Å²) in [5.74, 6) is 2.81. The molecule has 0 saturated carbocycles. The summed E-state index contributed by atoms with van der Waals surface area (Å²) in [7, 11) is 3.29. The first kappa shape index (κ1) is 17.4. The van der Waals surface area contributed by atoms with Gasteiger partial charge < -0.3 is 14.4 Å². The van der Waals surface area contributed by atoms with Crippen LogP contribution in [0.15, 0.2) is 24.3 Å². The number of nitrogens with zero attached hydrogens (tertiary/aromatic N) is 4. The molecule has 1 aromatic carbocycles. The summed E-state index contributed by atoms with van der Waals surface area (Å²) in [4.78, 5) is 18.1. The van der Waals surface area contributed by atoms with Crippen molar-refractivity contribution in [2.75, 3.05) is 27.3 Å². The van der Waals surface area contributed by atoms with Crippen LogP contribution in [0.2, 0.25) is 0 Å². The maximum atomic E-state index is 11.5. The molecule has 1 fully saturated rings. The Hall–Kier alpha value is -2.41. The number of ether oxygens (including phenoxy) is 2. The van der Waals surface area contributed by atoms with Gasteiger partial charge in [0, 0.05) is 33.0 Å². The average Bonchev–Trinajstić information content (AvgIpc) is 3.06. The van der Waals surface area contributed by atoms with Gasteiger partial charge in [0.1, 0.15) is 18.2 Å². The van der Waals surface area contributed by atoms with Gasteiger partial charge in [0.15, 0.2) is 5.82 Å². The Morgan fingerprint density at radius 3 is 2.44 bits per heavy atom. The standard InChI is InChI=1S/C18H24N4O3/c1-13(23)21-10-8-14(9-11-21)18-19-17(12-24-2)20-22(18)15-4-6-16(25-3)7-5-15/h4-7,14H,8-12H2,1-3H3. The van der Waals surface area contributed by atoms with Crippen molar-refractivity contribution in [3.05, 3.63) is 35.9 Å². The number of likely N-dealkylation sites (tertiary alicyclic amines) is 1. The van der Waals surface area contributed by atoms with E-state index in [0.29, 0.717) is 12.4 Å². The molecule has 1 saturated heterocycles. The molecule has 3 rings (SSSR count). The van der Waals surface area contributed by atoms with Gasteiger partial charge in [0.25, 0.3) is 0 Å². The Morgan fingerprint density at radius 1 is 1.20 bits per heavy atom. The number of amides is 1. The second-order valence-corrected chi connectivity index (χ2v) is 6.21. The van der Waals surface area contributed by atoms with Crippen LogP contribution in [0.3, 0.4) is 0 Å². The number of hydrogen-bond donors (Lipinski definition) is 0. The maximum Gasteiger partial charge on any atom is 0.219 e. The van der Waals surface area contributed by atoms with E-state index in [-0.39, 0.29) is 11.8 Å². The van der Waals surface area contributed by atoms with Crippen molar-refractivity contribution >= 4 is 5.91 Å². The first-order chi connectivity index (χ1) is 12.1. The van der Waals surface area contributed by atoms with Crippen LogP contribution in [0.25, 0.3) is 5.69 Å². The predicted molar refractivity (Wildman–Crippen MR) is 92.9 cm³/mol. The molecular formula is C18H24N4O3. The highest BCUT2D eigenvalue weighted by atomic mass is 16.5. The van der Waals surface area contributed by atoms with Crippen LogP contribution in [0.4, 0.5) is 0 Å². The molecule has 1 amide bonds. The number of piperidine rings is 1. The fraction of sp³-hybridized carbons (Fsp3) is 0.500. The summed E-state index contributed by atoms with van der Waals surface area (Å²) in [6, 6.07) is 7.76. The van der Waals surface area contributed by atoms with Crippen LogP contribution in [0, 0.1) is 0 Å². The highest BCUT2D eigenvalue weighted by Crippen LogP contribution is 2.29. The molecule has 2 aromatic rings. The van der Waals surface area contributed by atoms with Crippen molar-refractivity contribution in [2.24, 2.45) is 0 Å². The minimum Gasteiger partial charge on any atom is -0.497 e. The highest BCUT2D eigenvalue weighted by Gasteiger charge is 2.27. The van der Waals surface area contributed by atoms with E-state index in [1.54, 1.807) is 21.1 Å². The number of rotatable bonds is 5. The Kier molecular flexibility index (Phi) is 5.33. The lowest BCUT2D eigenvalue weighted by molar-refractivity contribution is -0.129.